The van der Waals surface area contributed by atoms with Crippen LogP contribution in [0.25, 0.3) is 10.8 Å². The van der Waals surface area contributed by atoms with Crippen LogP contribution in [-0.4, -0.2) is 45.0 Å². The van der Waals surface area contributed by atoms with Crippen LogP contribution in [0.5, 0.6) is 0 Å². The van der Waals surface area contributed by atoms with Crippen LogP contribution in [0.3, 0.4) is 0 Å². The molecule has 0 fully saturated rings. The quantitative estimate of drug-likeness (QED) is 0.381. The fourth-order valence-electron chi connectivity index (χ4n) is 2.95. The predicted octanol–water partition coefficient (Wildman–Crippen LogP) is 1.47. The minimum atomic E-state index is -0.597. The molecule has 0 spiro atoms. The number of fused-ring (bicyclic) bond motifs is 1. The zero-order valence-electron chi connectivity index (χ0n) is 16.4. The molecule has 3 rings (SSSR count). The molecular formula is C20H24N6O2S. The Morgan fingerprint density at radius 2 is 1.93 bits per heavy atom. The third-order valence-electron chi connectivity index (χ3n) is 4.42. The van der Waals surface area contributed by atoms with Crippen molar-refractivity contribution >= 4 is 34.3 Å². The predicted molar refractivity (Wildman–Crippen MR) is 114 cm³/mol. The summed E-state index contributed by atoms with van der Waals surface area (Å²) in [7, 11) is 0. The molecule has 4 N–H and O–H groups in total. The molecule has 0 radical (unpaired) electrons. The van der Waals surface area contributed by atoms with Crippen molar-refractivity contribution in [1.29, 1.82) is 0 Å². The molecule has 0 bridgehead atoms. The Morgan fingerprint density at radius 3 is 2.72 bits per heavy atom. The van der Waals surface area contributed by atoms with E-state index in [2.05, 4.69) is 39.0 Å². The summed E-state index contributed by atoms with van der Waals surface area (Å²) >= 11 is 1.18. The maximum atomic E-state index is 12.1. The molecule has 0 unspecified atom stereocenters. The first-order valence-corrected chi connectivity index (χ1v) is 10.3. The van der Waals surface area contributed by atoms with Crippen molar-refractivity contribution in [3.05, 3.63) is 53.9 Å². The number of nitrogens with two attached hydrogens (primary N) is 1. The number of carbonyl (C=O) groups is 2. The summed E-state index contributed by atoms with van der Waals surface area (Å²) in [5.41, 5.74) is 1.10. The summed E-state index contributed by atoms with van der Waals surface area (Å²) < 4.78 is 1.41. The van der Waals surface area contributed by atoms with E-state index in [0.717, 1.165) is 16.3 Å². The Labute approximate surface area is 173 Å². The molecule has 9 heteroatoms. The normalized spacial score (nSPS) is 11.9. The van der Waals surface area contributed by atoms with Crippen LogP contribution in [0.2, 0.25) is 0 Å². The molecule has 3 aromatic rings. The van der Waals surface area contributed by atoms with E-state index in [1.165, 1.54) is 16.4 Å². The lowest BCUT2D eigenvalue weighted by molar-refractivity contribution is -0.127. The summed E-state index contributed by atoms with van der Waals surface area (Å²) in [6.07, 6.45) is 0.534. The molecule has 2 aromatic carbocycles. The van der Waals surface area contributed by atoms with Gasteiger partial charge in [0.25, 0.3) is 0 Å². The van der Waals surface area contributed by atoms with Gasteiger partial charge in [-0.3, -0.25) is 9.59 Å². The zero-order valence-corrected chi connectivity index (χ0v) is 17.2. The largest absolute Gasteiger partial charge is 0.355 e. The average Bonchev–Trinajstić information content (AvgIpc) is 3.06. The number of nitrogens with one attached hydrogen (secondary N) is 2. The lowest BCUT2D eigenvalue weighted by atomic mass is 10.0. The Kier molecular flexibility index (Phi) is 6.71. The van der Waals surface area contributed by atoms with Crippen molar-refractivity contribution in [2.24, 2.45) is 0 Å². The van der Waals surface area contributed by atoms with Crippen molar-refractivity contribution in [3.63, 3.8) is 0 Å². The third-order valence-corrected chi connectivity index (χ3v) is 5.36. The summed E-state index contributed by atoms with van der Waals surface area (Å²) in [6.45, 7) is 3.98. The van der Waals surface area contributed by atoms with E-state index in [1.54, 1.807) is 6.92 Å². The topological polar surface area (TPSA) is 115 Å². The standard InChI is InChI=1S/C20H24N6O2S/c1-3-22-19(28)13(2)23-18(27)12-29-20-25-24-17(26(20)21)11-15-9-6-8-14-7-4-5-10-16(14)15/h4-10,13H,3,11-12,21H2,1-2H3,(H,22,28)(H,23,27)/t13-/m1/s1. The van der Waals surface area contributed by atoms with Crippen LogP contribution >= 0.6 is 11.8 Å². The SMILES string of the molecule is CCNC(=O)[C@@H](C)NC(=O)CSc1nnc(Cc2cccc3ccccc23)n1N. The molecule has 29 heavy (non-hydrogen) atoms. The first-order valence-electron chi connectivity index (χ1n) is 9.35. The van der Waals surface area contributed by atoms with E-state index in [9.17, 15) is 9.59 Å². The first kappa shape index (κ1) is 20.7. The number of rotatable bonds is 8. The number of likely N-dealkylation sites (N-methyl/N-ethyl adjacent to an activating group) is 1. The third kappa shape index (κ3) is 5.05. The number of benzene rings is 2. The van der Waals surface area contributed by atoms with Gasteiger partial charge in [0.15, 0.2) is 5.82 Å². The number of hydrogen-bond donors (Lipinski definition) is 3. The smallest absolute Gasteiger partial charge is 0.242 e. The van der Waals surface area contributed by atoms with Crippen molar-refractivity contribution in [1.82, 2.24) is 25.5 Å². The summed E-state index contributed by atoms with van der Waals surface area (Å²) in [4.78, 5) is 23.8. The molecule has 1 atom stereocenters. The van der Waals surface area contributed by atoms with E-state index in [0.29, 0.717) is 23.9 Å². The van der Waals surface area contributed by atoms with Gasteiger partial charge >= 0.3 is 0 Å². The number of carbonyl (C=O) groups excluding carboxylic acids is 2. The lowest BCUT2D eigenvalue weighted by Crippen LogP contribution is -2.45. The Bertz CT molecular complexity index is 1010. The maximum Gasteiger partial charge on any atom is 0.242 e. The number of amides is 2. The molecule has 8 nitrogen and oxygen atoms in total. The fourth-order valence-corrected chi connectivity index (χ4v) is 3.64. The molecule has 2 amide bonds. The molecule has 152 valence electrons. The summed E-state index contributed by atoms with van der Waals surface area (Å²) in [5.74, 6) is 6.36. The van der Waals surface area contributed by atoms with Crippen LogP contribution in [0, 0.1) is 0 Å². The van der Waals surface area contributed by atoms with Crippen molar-refractivity contribution in [2.45, 2.75) is 31.5 Å². The van der Waals surface area contributed by atoms with Crippen LogP contribution in [0.1, 0.15) is 25.2 Å². The van der Waals surface area contributed by atoms with E-state index in [4.69, 9.17) is 5.84 Å². The average molecular weight is 413 g/mol. The van der Waals surface area contributed by atoms with Gasteiger partial charge in [-0.05, 0) is 30.2 Å². The highest BCUT2D eigenvalue weighted by Crippen LogP contribution is 2.22. The Hall–Kier alpha value is -3.07. The van der Waals surface area contributed by atoms with Gasteiger partial charge in [-0.2, -0.15) is 0 Å². The molecule has 0 aliphatic rings. The van der Waals surface area contributed by atoms with Crippen LogP contribution in [0.15, 0.2) is 47.6 Å². The second kappa shape index (κ2) is 9.42. The van der Waals surface area contributed by atoms with Crippen LogP contribution in [0.4, 0.5) is 0 Å². The van der Waals surface area contributed by atoms with Crippen LogP contribution < -0.4 is 16.5 Å². The van der Waals surface area contributed by atoms with E-state index >= 15 is 0 Å². The van der Waals surface area contributed by atoms with Gasteiger partial charge in [0.1, 0.15) is 6.04 Å². The van der Waals surface area contributed by atoms with Gasteiger partial charge in [0, 0.05) is 13.0 Å². The Morgan fingerprint density at radius 1 is 1.17 bits per heavy atom. The number of hydrogen-bond acceptors (Lipinski definition) is 6. The number of nitrogen functional groups attached to an aromatic ring is 1. The van der Waals surface area contributed by atoms with E-state index in [-0.39, 0.29) is 17.6 Å². The highest BCUT2D eigenvalue weighted by atomic mass is 32.2. The van der Waals surface area contributed by atoms with Gasteiger partial charge < -0.3 is 16.5 Å². The molecule has 1 aromatic heterocycles. The maximum absolute atomic E-state index is 12.1. The highest BCUT2D eigenvalue weighted by molar-refractivity contribution is 7.99. The minimum absolute atomic E-state index is 0.0906. The zero-order chi connectivity index (χ0) is 20.8. The van der Waals surface area contributed by atoms with Gasteiger partial charge in [-0.15, -0.1) is 10.2 Å². The first-order chi connectivity index (χ1) is 14.0. The molecule has 1 heterocycles. The molecular weight excluding hydrogens is 388 g/mol. The van der Waals surface area contributed by atoms with Crippen molar-refractivity contribution < 1.29 is 9.59 Å². The number of aromatic nitrogens is 3. The minimum Gasteiger partial charge on any atom is -0.355 e. The van der Waals surface area contributed by atoms with Gasteiger partial charge in [-0.25, -0.2) is 4.68 Å². The van der Waals surface area contributed by atoms with Crippen LogP contribution in [-0.2, 0) is 16.0 Å². The molecule has 0 saturated heterocycles. The second-order valence-corrected chi connectivity index (χ2v) is 7.50. The monoisotopic (exact) mass is 412 g/mol. The summed E-state index contributed by atoms with van der Waals surface area (Å²) in [5, 5.41) is 16.3. The Balaban J connectivity index is 1.62. The fraction of sp³-hybridized carbons (Fsp3) is 0.300. The van der Waals surface area contributed by atoms with Gasteiger partial charge in [-0.1, -0.05) is 54.2 Å². The van der Waals surface area contributed by atoms with Gasteiger partial charge in [0.2, 0.25) is 17.0 Å². The molecule has 0 aliphatic heterocycles. The highest BCUT2D eigenvalue weighted by Gasteiger charge is 2.17. The number of nitrogens with zero attached hydrogens (tertiary/aromatic N) is 3. The summed E-state index contributed by atoms with van der Waals surface area (Å²) in [6, 6.07) is 13.6. The lowest BCUT2D eigenvalue weighted by Gasteiger charge is -2.12. The number of thioether (sulfide) groups is 1. The molecule has 0 aliphatic carbocycles. The molecule has 0 saturated carbocycles. The van der Waals surface area contributed by atoms with Crippen molar-refractivity contribution in [2.75, 3.05) is 18.1 Å². The second-order valence-electron chi connectivity index (χ2n) is 6.56. The van der Waals surface area contributed by atoms with Gasteiger partial charge in [0.05, 0.1) is 5.75 Å². The van der Waals surface area contributed by atoms with E-state index < -0.39 is 6.04 Å². The van der Waals surface area contributed by atoms with E-state index in [1.807, 2.05) is 31.2 Å². The van der Waals surface area contributed by atoms with Crippen molar-refractivity contribution in [3.8, 4) is 0 Å².